The first-order valence-electron chi connectivity index (χ1n) is 5.52. The number of carbonyl (C=O) groups excluding carboxylic acids is 1. The predicted molar refractivity (Wildman–Crippen MR) is 75.7 cm³/mol. The van der Waals surface area contributed by atoms with Gasteiger partial charge in [-0.25, -0.2) is 13.6 Å². The SMILES string of the molecule is CS(=O)CCNC(=O)c1cc([N+](=O)[O-])cc(S(N)(=O)=O)c1. The summed E-state index contributed by atoms with van der Waals surface area (Å²) in [5, 5.41) is 18.1. The summed E-state index contributed by atoms with van der Waals surface area (Å²) in [4.78, 5) is 21.2. The first kappa shape index (κ1) is 17.2. The van der Waals surface area contributed by atoms with Crippen molar-refractivity contribution in [1.29, 1.82) is 0 Å². The lowest BCUT2D eigenvalue weighted by atomic mass is 10.2. The van der Waals surface area contributed by atoms with E-state index in [9.17, 15) is 27.5 Å². The van der Waals surface area contributed by atoms with E-state index < -0.39 is 42.2 Å². The van der Waals surface area contributed by atoms with Crippen LogP contribution >= 0.6 is 0 Å². The molecular weight excluding hydrogens is 322 g/mol. The Bertz CT molecular complexity index is 701. The number of nitrogens with one attached hydrogen (secondary N) is 1. The van der Waals surface area contributed by atoms with Crippen LogP contribution in [0.4, 0.5) is 5.69 Å². The van der Waals surface area contributed by atoms with Crippen molar-refractivity contribution in [3.8, 4) is 0 Å². The molecule has 3 N–H and O–H groups in total. The highest BCUT2D eigenvalue weighted by Crippen LogP contribution is 2.20. The zero-order valence-electron chi connectivity index (χ0n) is 10.9. The normalized spacial score (nSPS) is 12.7. The summed E-state index contributed by atoms with van der Waals surface area (Å²) in [6.07, 6.45) is 1.46. The van der Waals surface area contributed by atoms with Crippen LogP contribution in [0.25, 0.3) is 0 Å². The Morgan fingerprint density at radius 1 is 1.43 bits per heavy atom. The molecule has 1 aromatic carbocycles. The number of hydrogen-bond acceptors (Lipinski definition) is 6. The highest BCUT2D eigenvalue weighted by atomic mass is 32.2. The molecule has 21 heavy (non-hydrogen) atoms. The number of carbonyl (C=O) groups is 1. The van der Waals surface area contributed by atoms with E-state index in [0.717, 1.165) is 18.2 Å². The molecule has 0 saturated carbocycles. The fourth-order valence-corrected chi connectivity index (χ4v) is 2.36. The molecule has 0 aliphatic rings. The lowest BCUT2D eigenvalue weighted by molar-refractivity contribution is -0.385. The van der Waals surface area contributed by atoms with Gasteiger partial charge >= 0.3 is 0 Å². The third-order valence-corrected chi connectivity index (χ3v) is 4.04. The van der Waals surface area contributed by atoms with Gasteiger partial charge in [0.25, 0.3) is 11.6 Å². The zero-order valence-corrected chi connectivity index (χ0v) is 12.6. The molecule has 1 unspecified atom stereocenters. The topological polar surface area (TPSA) is 149 Å². The molecule has 0 radical (unpaired) electrons. The van der Waals surface area contributed by atoms with Crippen LogP contribution in [0.15, 0.2) is 23.1 Å². The van der Waals surface area contributed by atoms with E-state index >= 15 is 0 Å². The Labute approximate surface area is 123 Å². The maximum Gasteiger partial charge on any atom is 0.271 e. The van der Waals surface area contributed by atoms with Gasteiger partial charge in [0.2, 0.25) is 10.0 Å². The molecule has 0 heterocycles. The number of sulfonamides is 1. The lowest BCUT2D eigenvalue weighted by Crippen LogP contribution is -2.28. The minimum absolute atomic E-state index is 0.0926. The monoisotopic (exact) mass is 335 g/mol. The van der Waals surface area contributed by atoms with Gasteiger partial charge in [0, 0.05) is 47.0 Å². The van der Waals surface area contributed by atoms with E-state index in [-0.39, 0.29) is 17.9 Å². The summed E-state index contributed by atoms with van der Waals surface area (Å²) >= 11 is 0. The molecule has 0 aliphatic carbocycles. The van der Waals surface area contributed by atoms with E-state index in [0.29, 0.717) is 0 Å². The maximum atomic E-state index is 11.8. The molecule has 0 aliphatic heterocycles. The van der Waals surface area contributed by atoms with Gasteiger partial charge in [-0.3, -0.25) is 19.1 Å². The van der Waals surface area contributed by atoms with Crippen molar-refractivity contribution in [3.05, 3.63) is 33.9 Å². The number of nitrogens with zero attached hydrogens (tertiary/aromatic N) is 1. The van der Waals surface area contributed by atoms with Gasteiger partial charge in [-0.15, -0.1) is 0 Å². The number of amides is 1. The van der Waals surface area contributed by atoms with E-state index in [4.69, 9.17) is 5.14 Å². The Kier molecular flexibility index (Phi) is 5.52. The number of nitro benzene ring substituents is 1. The smallest absolute Gasteiger partial charge is 0.271 e. The molecule has 0 bridgehead atoms. The van der Waals surface area contributed by atoms with Crippen molar-refractivity contribution in [1.82, 2.24) is 5.32 Å². The number of non-ortho nitro benzene ring substituents is 1. The summed E-state index contributed by atoms with van der Waals surface area (Å²) in [7, 11) is -5.29. The molecule has 0 aromatic heterocycles. The van der Waals surface area contributed by atoms with Crippen LogP contribution in [0, 0.1) is 10.1 Å². The molecule has 0 fully saturated rings. The average Bonchev–Trinajstić information content (AvgIpc) is 2.36. The van der Waals surface area contributed by atoms with E-state index in [1.807, 2.05) is 0 Å². The van der Waals surface area contributed by atoms with Crippen molar-refractivity contribution in [2.75, 3.05) is 18.6 Å². The standard InChI is InChI=1S/C10H13N3O6S2/c1-20(17)3-2-12-10(14)7-4-8(13(15)16)6-9(5-7)21(11,18)19/h4-6H,2-3H2,1H3,(H,12,14)(H2,11,18,19). The van der Waals surface area contributed by atoms with E-state index in [2.05, 4.69) is 5.32 Å². The van der Waals surface area contributed by atoms with Crippen molar-refractivity contribution in [2.45, 2.75) is 4.90 Å². The van der Waals surface area contributed by atoms with E-state index in [1.54, 1.807) is 0 Å². The zero-order chi connectivity index (χ0) is 16.2. The Hall–Kier alpha value is -1.85. The van der Waals surface area contributed by atoms with Gasteiger partial charge in [-0.2, -0.15) is 0 Å². The highest BCUT2D eigenvalue weighted by Gasteiger charge is 2.19. The van der Waals surface area contributed by atoms with Gasteiger partial charge in [0.05, 0.1) is 9.82 Å². The molecule has 116 valence electrons. The molecule has 1 atom stereocenters. The Balaban J connectivity index is 3.11. The maximum absolute atomic E-state index is 11.8. The largest absolute Gasteiger partial charge is 0.351 e. The van der Waals surface area contributed by atoms with Crippen LogP contribution in [0.2, 0.25) is 0 Å². The molecular formula is C10H13N3O6S2. The minimum Gasteiger partial charge on any atom is -0.351 e. The first-order valence-corrected chi connectivity index (χ1v) is 8.79. The third kappa shape index (κ3) is 5.21. The van der Waals surface area contributed by atoms with Crippen molar-refractivity contribution in [2.24, 2.45) is 5.14 Å². The average molecular weight is 335 g/mol. The van der Waals surface area contributed by atoms with Crippen molar-refractivity contribution >= 4 is 32.4 Å². The molecule has 11 heteroatoms. The van der Waals surface area contributed by atoms with Gasteiger partial charge in [0.15, 0.2) is 0 Å². The molecule has 1 rings (SSSR count). The lowest BCUT2D eigenvalue weighted by Gasteiger charge is -2.06. The molecule has 9 nitrogen and oxygen atoms in total. The second kappa shape index (κ2) is 6.74. The van der Waals surface area contributed by atoms with E-state index in [1.165, 1.54) is 6.26 Å². The predicted octanol–water partition coefficient (Wildman–Crippen LogP) is -0.649. The summed E-state index contributed by atoms with van der Waals surface area (Å²) in [6.45, 7) is 0.0926. The van der Waals surface area contributed by atoms with Gasteiger partial charge < -0.3 is 5.32 Å². The number of hydrogen-bond donors (Lipinski definition) is 2. The van der Waals surface area contributed by atoms with Crippen molar-refractivity contribution in [3.63, 3.8) is 0 Å². The number of nitrogens with two attached hydrogens (primary N) is 1. The summed E-state index contributed by atoms with van der Waals surface area (Å²) in [5.41, 5.74) is -0.777. The molecule has 1 aromatic rings. The number of rotatable bonds is 6. The fourth-order valence-electron chi connectivity index (χ4n) is 1.39. The molecule has 0 saturated heterocycles. The van der Waals surface area contributed by atoms with Crippen LogP contribution in [-0.2, 0) is 20.8 Å². The highest BCUT2D eigenvalue weighted by molar-refractivity contribution is 7.89. The quantitative estimate of drug-likeness (QED) is 0.521. The third-order valence-electron chi connectivity index (χ3n) is 2.37. The van der Waals surface area contributed by atoms with Gasteiger partial charge in [-0.05, 0) is 6.07 Å². The second-order valence-corrected chi connectivity index (χ2v) is 7.17. The number of benzene rings is 1. The van der Waals surface area contributed by atoms with Crippen LogP contribution < -0.4 is 10.5 Å². The Morgan fingerprint density at radius 3 is 2.52 bits per heavy atom. The summed E-state index contributed by atoms with van der Waals surface area (Å²) < 4.78 is 33.4. The van der Waals surface area contributed by atoms with Gasteiger partial charge in [0.1, 0.15) is 0 Å². The van der Waals surface area contributed by atoms with Gasteiger partial charge in [-0.1, -0.05) is 0 Å². The van der Waals surface area contributed by atoms with Crippen LogP contribution in [0.1, 0.15) is 10.4 Å². The van der Waals surface area contributed by atoms with Crippen LogP contribution in [-0.4, -0.2) is 42.0 Å². The second-order valence-electron chi connectivity index (χ2n) is 4.05. The number of nitro groups is 1. The first-order chi connectivity index (χ1) is 9.61. The van der Waals surface area contributed by atoms with Crippen molar-refractivity contribution < 1.29 is 22.3 Å². The fraction of sp³-hybridized carbons (Fsp3) is 0.300. The number of primary sulfonamides is 1. The Morgan fingerprint density at radius 2 is 2.05 bits per heavy atom. The van der Waals surface area contributed by atoms with Crippen LogP contribution in [0.5, 0.6) is 0 Å². The summed E-state index contributed by atoms with van der Waals surface area (Å²) in [5.74, 6) is -0.503. The molecule has 1 amide bonds. The summed E-state index contributed by atoms with van der Waals surface area (Å²) in [6, 6.07) is 2.65. The molecule has 0 spiro atoms. The van der Waals surface area contributed by atoms with Crippen LogP contribution in [0.3, 0.4) is 0 Å². The minimum atomic E-state index is -4.18.